The minimum atomic E-state index is -0.701. The van der Waals surface area contributed by atoms with E-state index in [1.54, 1.807) is 24.3 Å². The zero-order chi connectivity index (χ0) is 34.1. The first kappa shape index (κ1) is 36.3. The Labute approximate surface area is 290 Å². The molecule has 2 unspecified atom stereocenters. The number of rotatable bonds is 17. The molecular weight excluding hydrogens is 641 g/mol. The molecule has 4 amide bonds. The average Bonchev–Trinajstić information content (AvgIpc) is 3.11. The fourth-order valence-corrected chi connectivity index (χ4v) is 7.23. The third-order valence-electron chi connectivity index (χ3n) is 7.50. The third-order valence-corrected chi connectivity index (χ3v) is 9.99. The number of anilines is 2. The third kappa shape index (κ3) is 11.0. The SMILES string of the molecule is CCCCC(NC(=O)c1ccccc1SSc1ccccc1C(=O)NC(CCCC)C(=O)Nc1ccccc1)C(=O)Nc1ccccc1. The van der Waals surface area contributed by atoms with Crippen molar-refractivity contribution in [2.45, 2.75) is 74.2 Å². The van der Waals surface area contributed by atoms with Gasteiger partial charge in [0.2, 0.25) is 11.8 Å². The summed E-state index contributed by atoms with van der Waals surface area (Å²) in [7, 11) is 2.71. The zero-order valence-corrected chi connectivity index (χ0v) is 28.9. The second-order valence-electron chi connectivity index (χ2n) is 11.2. The molecule has 4 rings (SSSR count). The summed E-state index contributed by atoms with van der Waals surface area (Å²) in [5.74, 6) is -1.23. The molecular formula is C38H42N4O4S2. The van der Waals surface area contributed by atoms with E-state index in [9.17, 15) is 19.2 Å². The topological polar surface area (TPSA) is 116 Å². The Morgan fingerprint density at radius 2 is 0.875 bits per heavy atom. The monoisotopic (exact) mass is 682 g/mol. The van der Waals surface area contributed by atoms with E-state index in [2.05, 4.69) is 21.3 Å². The summed E-state index contributed by atoms with van der Waals surface area (Å²) < 4.78 is 0. The van der Waals surface area contributed by atoms with Crippen LogP contribution in [0.2, 0.25) is 0 Å². The second kappa shape index (κ2) is 19.3. The van der Waals surface area contributed by atoms with Gasteiger partial charge >= 0.3 is 0 Å². The van der Waals surface area contributed by atoms with Crippen molar-refractivity contribution in [2.24, 2.45) is 0 Å². The number of para-hydroxylation sites is 2. The van der Waals surface area contributed by atoms with Gasteiger partial charge in [0.1, 0.15) is 12.1 Å². The molecule has 0 saturated heterocycles. The van der Waals surface area contributed by atoms with Crippen LogP contribution in [0.5, 0.6) is 0 Å². The van der Waals surface area contributed by atoms with E-state index in [0.717, 1.165) is 25.7 Å². The maximum Gasteiger partial charge on any atom is 0.253 e. The van der Waals surface area contributed by atoms with Crippen molar-refractivity contribution in [1.82, 2.24) is 10.6 Å². The first-order valence-corrected chi connectivity index (χ1v) is 18.4. The summed E-state index contributed by atoms with van der Waals surface area (Å²) >= 11 is 0. The van der Waals surface area contributed by atoms with Gasteiger partial charge in [0.15, 0.2) is 0 Å². The van der Waals surface area contributed by atoms with Gasteiger partial charge in [0.25, 0.3) is 11.8 Å². The van der Waals surface area contributed by atoms with E-state index in [-0.39, 0.29) is 23.6 Å². The lowest BCUT2D eigenvalue weighted by Gasteiger charge is -2.20. The van der Waals surface area contributed by atoms with Crippen LogP contribution in [-0.4, -0.2) is 35.7 Å². The summed E-state index contributed by atoms with van der Waals surface area (Å²) in [6, 6.07) is 31.4. The molecule has 4 aromatic carbocycles. The number of hydrogen-bond donors (Lipinski definition) is 4. The van der Waals surface area contributed by atoms with Gasteiger partial charge in [-0.25, -0.2) is 0 Å². The Morgan fingerprint density at radius 3 is 1.25 bits per heavy atom. The second-order valence-corrected chi connectivity index (χ2v) is 13.4. The van der Waals surface area contributed by atoms with Crippen LogP contribution in [0.25, 0.3) is 0 Å². The summed E-state index contributed by atoms with van der Waals surface area (Å²) in [4.78, 5) is 54.8. The summed E-state index contributed by atoms with van der Waals surface area (Å²) in [5, 5.41) is 11.7. The standard InChI is InChI=1S/C38H42N4O4S2/c1-3-5-23-31(37(45)39-27-17-9-7-10-18-27)41-35(43)29-21-13-15-25-33(29)47-48-34-26-16-14-22-30(34)36(44)42-32(24-6-4-2)38(46)40-28-19-11-8-12-20-28/h7-22,25-26,31-32H,3-6,23-24H2,1-2H3,(H,39,45)(H,40,46)(H,41,43)(H,42,44). The van der Waals surface area contributed by atoms with E-state index < -0.39 is 12.1 Å². The average molecular weight is 683 g/mol. The molecule has 0 radical (unpaired) electrons. The van der Waals surface area contributed by atoms with Crippen LogP contribution in [0, 0.1) is 0 Å². The van der Waals surface area contributed by atoms with E-state index in [1.165, 1.54) is 21.6 Å². The highest BCUT2D eigenvalue weighted by atomic mass is 33.1. The maximum absolute atomic E-state index is 13.6. The first-order chi connectivity index (χ1) is 23.4. The van der Waals surface area contributed by atoms with Crippen molar-refractivity contribution in [3.63, 3.8) is 0 Å². The van der Waals surface area contributed by atoms with Crippen LogP contribution in [0.4, 0.5) is 11.4 Å². The van der Waals surface area contributed by atoms with E-state index in [1.807, 2.05) is 98.8 Å². The van der Waals surface area contributed by atoms with Crippen LogP contribution >= 0.6 is 21.6 Å². The number of carbonyl (C=O) groups excluding carboxylic acids is 4. The molecule has 2 atom stereocenters. The molecule has 0 fully saturated rings. The Bertz CT molecular complexity index is 1530. The molecule has 0 aliphatic rings. The zero-order valence-electron chi connectivity index (χ0n) is 27.2. The fourth-order valence-electron chi connectivity index (χ4n) is 4.87. The maximum atomic E-state index is 13.6. The molecule has 4 aromatic rings. The summed E-state index contributed by atoms with van der Waals surface area (Å²) in [5.41, 5.74) is 2.20. The van der Waals surface area contributed by atoms with Crippen molar-refractivity contribution in [3.8, 4) is 0 Å². The van der Waals surface area contributed by atoms with Gasteiger partial charge in [-0.2, -0.15) is 0 Å². The molecule has 48 heavy (non-hydrogen) atoms. The summed E-state index contributed by atoms with van der Waals surface area (Å²) in [6.07, 6.45) is 4.36. The minimum Gasteiger partial charge on any atom is -0.340 e. The molecule has 10 heteroatoms. The minimum absolute atomic E-state index is 0.267. The Balaban J connectivity index is 1.45. The normalized spacial score (nSPS) is 12.0. The number of benzene rings is 4. The lowest BCUT2D eigenvalue weighted by Crippen LogP contribution is -2.44. The number of nitrogens with one attached hydrogen (secondary N) is 4. The molecule has 0 aliphatic heterocycles. The number of amides is 4. The first-order valence-electron chi connectivity index (χ1n) is 16.3. The highest BCUT2D eigenvalue weighted by molar-refractivity contribution is 8.76. The molecule has 8 nitrogen and oxygen atoms in total. The van der Waals surface area contributed by atoms with Gasteiger partial charge in [-0.3, -0.25) is 19.2 Å². The predicted octanol–water partition coefficient (Wildman–Crippen LogP) is 8.34. The smallest absolute Gasteiger partial charge is 0.253 e. The molecule has 0 aliphatic carbocycles. The lowest BCUT2D eigenvalue weighted by molar-refractivity contribution is -0.118. The van der Waals surface area contributed by atoms with Crippen molar-refractivity contribution in [3.05, 3.63) is 120 Å². The van der Waals surface area contributed by atoms with Gasteiger partial charge in [-0.05, 0) is 61.4 Å². The quantitative estimate of drug-likeness (QED) is 0.0833. The molecule has 0 bridgehead atoms. The Kier molecular flexibility index (Phi) is 14.6. The number of carbonyl (C=O) groups is 4. The molecule has 0 saturated carbocycles. The molecule has 0 heterocycles. The van der Waals surface area contributed by atoms with Crippen molar-refractivity contribution in [2.75, 3.05) is 10.6 Å². The van der Waals surface area contributed by atoms with Crippen LogP contribution in [0.1, 0.15) is 73.1 Å². The van der Waals surface area contributed by atoms with E-state index in [0.29, 0.717) is 45.1 Å². The van der Waals surface area contributed by atoms with E-state index in [4.69, 9.17) is 0 Å². The van der Waals surface area contributed by atoms with E-state index >= 15 is 0 Å². The van der Waals surface area contributed by atoms with Gasteiger partial charge < -0.3 is 21.3 Å². The van der Waals surface area contributed by atoms with Crippen LogP contribution in [0.15, 0.2) is 119 Å². The van der Waals surface area contributed by atoms with Gasteiger partial charge in [-0.1, -0.05) is 122 Å². The summed E-state index contributed by atoms with van der Waals surface area (Å²) in [6.45, 7) is 4.08. The van der Waals surface area contributed by atoms with Gasteiger partial charge in [0, 0.05) is 21.2 Å². The molecule has 0 aromatic heterocycles. The largest absolute Gasteiger partial charge is 0.340 e. The van der Waals surface area contributed by atoms with Crippen LogP contribution in [-0.2, 0) is 9.59 Å². The highest BCUT2D eigenvalue weighted by Gasteiger charge is 2.25. The molecule has 4 N–H and O–H groups in total. The highest BCUT2D eigenvalue weighted by Crippen LogP contribution is 2.40. The van der Waals surface area contributed by atoms with Gasteiger partial charge in [-0.15, -0.1) is 0 Å². The Morgan fingerprint density at radius 1 is 0.521 bits per heavy atom. The van der Waals surface area contributed by atoms with Crippen molar-refractivity contribution >= 4 is 56.6 Å². The van der Waals surface area contributed by atoms with Gasteiger partial charge in [0.05, 0.1) is 11.1 Å². The Hall–Kier alpha value is -4.54. The fraction of sp³-hybridized carbons (Fsp3) is 0.263. The van der Waals surface area contributed by atoms with Crippen LogP contribution < -0.4 is 21.3 Å². The predicted molar refractivity (Wildman–Crippen MR) is 196 cm³/mol. The number of hydrogen-bond acceptors (Lipinski definition) is 6. The number of unbranched alkanes of at least 4 members (excludes halogenated alkanes) is 2. The molecule has 0 spiro atoms. The van der Waals surface area contributed by atoms with Crippen LogP contribution in [0.3, 0.4) is 0 Å². The van der Waals surface area contributed by atoms with Crippen molar-refractivity contribution < 1.29 is 19.2 Å². The van der Waals surface area contributed by atoms with Crippen molar-refractivity contribution in [1.29, 1.82) is 0 Å². The lowest BCUT2D eigenvalue weighted by atomic mass is 10.1. The molecule has 250 valence electrons.